The first kappa shape index (κ1) is 21.1. The van der Waals surface area contributed by atoms with Crippen molar-refractivity contribution in [3.63, 3.8) is 0 Å². The molecule has 0 saturated carbocycles. The largest absolute Gasteiger partial charge is 0.494 e. The third kappa shape index (κ3) is 4.21. The van der Waals surface area contributed by atoms with Crippen molar-refractivity contribution in [1.82, 2.24) is 15.1 Å². The molecule has 1 aliphatic rings. The number of hydrogen-bond acceptors (Lipinski definition) is 4. The molecule has 1 aromatic heterocycles. The summed E-state index contributed by atoms with van der Waals surface area (Å²) in [5, 5.41) is 7.55. The number of ether oxygens (including phenoxy) is 2. The number of carbonyl (C=O) groups is 1. The van der Waals surface area contributed by atoms with Gasteiger partial charge in [-0.1, -0.05) is 48.9 Å². The topological polar surface area (TPSA) is 67.5 Å². The Kier molecular flexibility index (Phi) is 6.37. The number of benzene rings is 2. The van der Waals surface area contributed by atoms with Gasteiger partial charge in [0.25, 0.3) is 5.91 Å². The number of methoxy groups -OCH3 is 1. The van der Waals surface area contributed by atoms with Crippen LogP contribution in [0.3, 0.4) is 0 Å². The zero-order valence-corrected chi connectivity index (χ0v) is 18.4. The summed E-state index contributed by atoms with van der Waals surface area (Å²) in [7, 11) is 1.68. The van der Waals surface area contributed by atoms with Crippen molar-refractivity contribution in [3.05, 3.63) is 70.9 Å². The molecule has 2 aromatic carbocycles. The number of aromatic amines is 1. The highest BCUT2D eigenvalue weighted by molar-refractivity contribution is 6.00. The van der Waals surface area contributed by atoms with E-state index in [1.165, 1.54) is 5.56 Å². The Hall–Kier alpha value is -3.12. The van der Waals surface area contributed by atoms with Crippen LogP contribution in [0.2, 0.25) is 0 Å². The standard InChI is InChI=1S/C25H29N3O3/c1-4-14-31-20-8-5-7-19(16-20)24-21-22(18-11-9-17(2)10-12-18)26-27-23(21)25(29)28(24)13-6-15-30-3/h5,7-12,16,24H,4,6,13-15H2,1-3H3,(H,26,27). The first-order valence-corrected chi connectivity index (χ1v) is 10.8. The quantitative estimate of drug-likeness (QED) is 0.508. The number of fused-ring (bicyclic) bond motifs is 1. The Morgan fingerprint density at radius 2 is 1.94 bits per heavy atom. The lowest BCUT2D eigenvalue weighted by atomic mass is 9.95. The fourth-order valence-corrected chi connectivity index (χ4v) is 4.08. The van der Waals surface area contributed by atoms with Gasteiger partial charge in [0.05, 0.1) is 18.3 Å². The summed E-state index contributed by atoms with van der Waals surface area (Å²) in [6.45, 7) is 6.02. The molecular weight excluding hydrogens is 390 g/mol. The maximum Gasteiger partial charge on any atom is 0.273 e. The van der Waals surface area contributed by atoms with Crippen molar-refractivity contribution in [1.29, 1.82) is 0 Å². The molecule has 1 unspecified atom stereocenters. The highest BCUT2D eigenvalue weighted by atomic mass is 16.5. The molecule has 1 N–H and O–H groups in total. The Balaban J connectivity index is 1.78. The lowest BCUT2D eigenvalue weighted by molar-refractivity contribution is 0.0723. The molecule has 0 fully saturated rings. The van der Waals surface area contributed by atoms with Crippen LogP contribution in [0.1, 0.15) is 53.0 Å². The monoisotopic (exact) mass is 419 g/mol. The van der Waals surface area contributed by atoms with Gasteiger partial charge < -0.3 is 14.4 Å². The molecule has 31 heavy (non-hydrogen) atoms. The summed E-state index contributed by atoms with van der Waals surface area (Å²) in [5.41, 5.74) is 5.52. The highest BCUT2D eigenvalue weighted by Gasteiger charge is 2.41. The number of nitrogens with one attached hydrogen (secondary N) is 1. The second kappa shape index (κ2) is 9.35. The third-order valence-electron chi connectivity index (χ3n) is 5.58. The minimum Gasteiger partial charge on any atom is -0.494 e. The summed E-state index contributed by atoms with van der Waals surface area (Å²) in [5.74, 6) is 0.791. The van der Waals surface area contributed by atoms with Gasteiger partial charge in [0.1, 0.15) is 11.4 Å². The predicted octanol–water partition coefficient (Wildman–Crippen LogP) is 4.76. The molecule has 6 heteroatoms. The first-order valence-electron chi connectivity index (χ1n) is 10.8. The van der Waals surface area contributed by atoms with Gasteiger partial charge in [0, 0.05) is 31.4 Å². The molecule has 0 radical (unpaired) electrons. The molecule has 1 amide bonds. The number of aromatic nitrogens is 2. The van der Waals surface area contributed by atoms with Crippen molar-refractivity contribution >= 4 is 5.91 Å². The van der Waals surface area contributed by atoms with Crippen molar-refractivity contribution in [3.8, 4) is 17.0 Å². The fourth-order valence-electron chi connectivity index (χ4n) is 4.08. The van der Waals surface area contributed by atoms with Crippen LogP contribution in [0.5, 0.6) is 5.75 Å². The number of rotatable bonds is 9. The summed E-state index contributed by atoms with van der Waals surface area (Å²) in [6.07, 6.45) is 1.71. The van der Waals surface area contributed by atoms with E-state index >= 15 is 0 Å². The zero-order valence-electron chi connectivity index (χ0n) is 18.4. The second-order valence-electron chi connectivity index (χ2n) is 7.90. The van der Waals surface area contributed by atoms with Gasteiger partial charge in [0.2, 0.25) is 0 Å². The molecule has 162 valence electrons. The molecule has 6 nitrogen and oxygen atoms in total. The van der Waals surface area contributed by atoms with Gasteiger partial charge in [0.15, 0.2) is 0 Å². The summed E-state index contributed by atoms with van der Waals surface area (Å²) >= 11 is 0. The van der Waals surface area contributed by atoms with Gasteiger partial charge in [-0.2, -0.15) is 5.10 Å². The molecule has 0 bridgehead atoms. The molecule has 3 aromatic rings. The van der Waals surface area contributed by atoms with Crippen LogP contribution in [0.25, 0.3) is 11.3 Å². The number of hydrogen-bond donors (Lipinski definition) is 1. The molecule has 1 aliphatic heterocycles. The van der Waals surface area contributed by atoms with E-state index in [2.05, 4.69) is 54.4 Å². The van der Waals surface area contributed by atoms with Crippen LogP contribution in [0.15, 0.2) is 48.5 Å². The molecule has 0 spiro atoms. The first-order chi connectivity index (χ1) is 15.1. The minimum absolute atomic E-state index is 0.0261. The Morgan fingerprint density at radius 3 is 2.68 bits per heavy atom. The van der Waals surface area contributed by atoms with Gasteiger partial charge in [-0.15, -0.1) is 0 Å². The third-order valence-corrected chi connectivity index (χ3v) is 5.58. The number of H-pyrrole nitrogens is 1. The van der Waals surface area contributed by atoms with E-state index in [0.29, 0.717) is 25.5 Å². The van der Waals surface area contributed by atoms with Gasteiger partial charge >= 0.3 is 0 Å². The molecular formula is C25H29N3O3. The van der Waals surface area contributed by atoms with Crippen LogP contribution in [-0.4, -0.2) is 47.9 Å². The van der Waals surface area contributed by atoms with Crippen LogP contribution in [-0.2, 0) is 4.74 Å². The lowest BCUT2D eigenvalue weighted by Gasteiger charge is -2.26. The van der Waals surface area contributed by atoms with E-state index < -0.39 is 0 Å². The van der Waals surface area contributed by atoms with E-state index in [1.54, 1.807) is 7.11 Å². The molecule has 1 atom stereocenters. The molecule has 4 rings (SSSR count). The number of carbonyl (C=O) groups excluding carboxylic acids is 1. The number of nitrogens with zero attached hydrogens (tertiary/aromatic N) is 2. The zero-order chi connectivity index (χ0) is 21.8. The lowest BCUT2D eigenvalue weighted by Crippen LogP contribution is -2.31. The van der Waals surface area contributed by atoms with Gasteiger partial charge in [-0.3, -0.25) is 9.89 Å². The Bertz CT molecular complexity index is 1040. The normalized spacial score (nSPS) is 15.4. The van der Waals surface area contributed by atoms with E-state index in [0.717, 1.165) is 41.0 Å². The van der Waals surface area contributed by atoms with Crippen molar-refractivity contribution in [2.45, 2.75) is 32.7 Å². The average Bonchev–Trinajstić information content (AvgIpc) is 3.32. The van der Waals surface area contributed by atoms with Crippen molar-refractivity contribution in [2.24, 2.45) is 0 Å². The summed E-state index contributed by atoms with van der Waals surface area (Å²) in [4.78, 5) is 15.2. The van der Waals surface area contributed by atoms with Crippen LogP contribution < -0.4 is 4.74 Å². The minimum atomic E-state index is -0.223. The van der Waals surface area contributed by atoms with E-state index in [-0.39, 0.29) is 11.9 Å². The molecule has 0 saturated heterocycles. The van der Waals surface area contributed by atoms with E-state index in [1.807, 2.05) is 23.1 Å². The number of amides is 1. The SMILES string of the molecule is CCCOc1cccc(C2c3c(-c4ccc(C)cc4)n[nH]c3C(=O)N2CCCOC)c1. The fraction of sp³-hybridized carbons (Fsp3) is 0.360. The predicted molar refractivity (Wildman–Crippen MR) is 120 cm³/mol. The van der Waals surface area contributed by atoms with Gasteiger partial charge in [-0.25, -0.2) is 0 Å². The molecule has 2 heterocycles. The summed E-state index contributed by atoms with van der Waals surface area (Å²) in [6, 6.07) is 16.1. The number of aryl methyl sites for hydroxylation is 1. The van der Waals surface area contributed by atoms with Crippen LogP contribution in [0.4, 0.5) is 0 Å². The highest BCUT2D eigenvalue weighted by Crippen LogP contribution is 2.43. The average molecular weight is 420 g/mol. The van der Waals surface area contributed by atoms with E-state index in [9.17, 15) is 4.79 Å². The maximum atomic E-state index is 13.3. The smallest absolute Gasteiger partial charge is 0.273 e. The van der Waals surface area contributed by atoms with Gasteiger partial charge in [-0.05, 0) is 37.5 Å². The second-order valence-corrected chi connectivity index (χ2v) is 7.90. The summed E-state index contributed by atoms with van der Waals surface area (Å²) < 4.78 is 11.1. The van der Waals surface area contributed by atoms with Crippen LogP contribution in [0, 0.1) is 6.92 Å². The maximum absolute atomic E-state index is 13.3. The Labute approximate surface area is 183 Å². The van der Waals surface area contributed by atoms with E-state index in [4.69, 9.17) is 9.47 Å². The van der Waals surface area contributed by atoms with Crippen LogP contribution >= 0.6 is 0 Å². The van der Waals surface area contributed by atoms with Crippen molar-refractivity contribution < 1.29 is 14.3 Å². The molecule has 0 aliphatic carbocycles. The van der Waals surface area contributed by atoms with Crippen molar-refractivity contribution in [2.75, 3.05) is 26.9 Å². The Morgan fingerprint density at radius 1 is 1.13 bits per heavy atom.